The minimum Gasteiger partial charge on any atom is -0.435 e. The van der Waals surface area contributed by atoms with Crippen LogP contribution in [0.3, 0.4) is 0 Å². The lowest BCUT2D eigenvalue weighted by Crippen LogP contribution is -2.41. The molecule has 10 heteroatoms. The van der Waals surface area contributed by atoms with Gasteiger partial charge >= 0.3 is 12.3 Å². The number of amides is 1. The molecule has 162 valence electrons. The van der Waals surface area contributed by atoms with E-state index in [4.69, 9.17) is 5.73 Å². The van der Waals surface area contributed by atoms with Gasteiger partial charge in [-0.1, -0.05) is 36.4 Å². The molecule has 0 atom stereocenters. The van der Waals surface area contributed by atoms with Crippen molar-refractivity contribution in [3.63, 3.8) is 0 Å². The quantitative estimate of drug-likeness (QED) is 0.598. The molecule has 0 saturated heterocycles. The van der Waals surface area contributed by atoms with Crippen LogP contribution in [0, 0.1) is 0 Å². The molecule has 0 bridgehead atoms. The topological polar surface area (TPSA) is 110 Å². The van der Waals surface area contributed by atoms with E-state index < -0.39 is 23.8 Å². The highest BCUT2D eigenvalue weighted by molar-refractivity contribution is 6.07. The van der Waals surface area contributed by atoms with Crippen molar-refractivity contribution in [2.24, 2.45) is 0 Å². The van der Waals surface area contributed by atoms with Crippen molar-refractivity contribution < 1.29 is 18.3 Å². The predicted molar refractivity (Wildman–Crippen MR) is 112 cm³/mol. The van der Waals surface area contributed by atoms with Gasteiger partial charge in [0.25, 0.3) is 11.5 Å². The minimum absolute atomic E-state index is 0.0135. The first-order valence-electron chi connectivity index (χ1n) is 9.35. The highest BCUT2D eigenvalue weighted by Crippen LogP contribution is 2.22. The number of alkyl halides is 2. The number of nitrogen functional groups attached to an aromatic ring is 1. The third kappa shape index (κ3) is 4.80. The molecule has 3 aromatic rings. The lowest BCUT2D eigenvalue weighted by atomic mass is 10.1. The lowest BCUT2D eigenvalue weighted by molar-refractivity contribution is -0.0498. The Kier molecular flexibility index (Phi) is 6.49. The molecule has 0 aliphatic carbocycles. The summed E-state index contributed by atoms with van der Waals surface area (Å²) in [7, 11) is 0. The number of halogens is 2. The average molecular weight is 430 g/mol. The van der Waals surface area contributed by atoms with Crippen LogP contribution in [0.2, 0.25) is 0 Å². The van der Waals surface area contributed by atoms with Gasteiger partial charge in [0, 0.05) is 12.1 Å². The predicted octanol–water partition coefficient (Wildman–Crippen LogP) is 2.44. The second kappa shape index (κ2) is 9.24. The van der Waals surface area contributed by atoms with Crippen LogP contribution >= 0.6 is 0 Å². The monoisotopic (exact) mass is 430 g/mol. The number of nitrogens with one attached hydrogen (secondary N) is 1. The number of carbonyl (C=O) groups excluding carboxylic acids is 1. The van der Waals surface area contributed by atoms with Gasteiger partial charge in [0.05, 0.1) is 6.54 Å². The number of hydrogen-bond acceptors (Lipinski definition) is 5. The molecule has 1 amide bonds. The summed E-state index contributed by atoms with van der Waals surface area (Å²) in [6, 6.07) is 14.2. The third-order valence-electron chi connectivity index (χ3n) is 4.54. The fourth-order valence-electron chi connectivity index (χ4n) is 3.13. The molecule has 0 unspecified atom stereocenters. The van der Waals surface area contributed by atoms with Crippen LogP contribution < -0.4 is 26.6 Å². The zero-order chi connectivity index (χ0) is 22.5. The highest BCUT2D eigenvalue weighted by atomic mass is 19.3. The zero-order valence-electron chi connectivity index (χ0n) is 16.5. The van der Waals surface area contributed by atoms with Gasteiger partial charge in [-0.05, 0) is 30.7 Å². The number of nitrogens with two attached hydrogens (primary N) is 1. The molecule has 0 fully saturated rings. The molecule has 8 nitrogen and oxygen atoms in total. The van der Waals surface area contributed by atoms with Crippen molar-refractivity contribution in [2.75, 3.05) is 17.2 Å². The second-order valence-electron chi connectivity index (χ2n) is 6.52. The number of nitrogens with zero attached hydrogens (tertiary/aromatic N) is 2. The molecule has 31 heavy (non-hydrogen) atoms. The Morgan fingerprint density at radius 2 is 1.87 bits per heavy atom. The Morgan fingerprint density at radius 3 is 2.52 bits per heavy atom. The summed E-state index contributed by atoms with van der Waals surface area (Å²) in [6.07, 6.45) is 0. The molecule has 0 aliphatic heterocycles. The van der Waals surface area contributed by atoms with Crippen LogP contribution in [0.5, 0.6) is 5.75 Å². The summed E-state index contributed by atoms with van der Waals surface area (Å²) >= 11 is 0. The van der Waals surface area contributed by atoms with Gasteiger partial charge in [0.2, 0.25) is 0 Å². The van der Waals surface area contributed by atoms with Crippen molar-refractivity contribution in [1.29, 1.82) is 0 Å². The van der Waals surface area contributed by atoms with E-state index in [1.165, 1.54) is 18.2 Å². The molecule has 3 N–H and O–H groups in total. The molecule has 3 rings (SSSR count). The first-order valence-corrected chi connectivity index (χ1v) is 9.35. The van der Waals surface area contributed by atoms with Gasteiger partial charge in [-0.3, -0.25) is 19.1 Å². The number of aromatic amines is 1. The number of carbonyl (C=O) groups is 1. The fourth-order valence-corrected chi connectivity index (χ4v) is 3.13. The largest absolute Gasteiger partial charge is 0.435 e. The Bertz CT molecular complexity index is 1190. The van der Waals surface area contributed by atoms with Crippen LogP contribution in [0.1, 0.15) is 22.8 Å². The molecule has 2 aromatic carbocycles. The molecule has 0 radical (unpaired) electrons. The number of rotatable bonds is 7. The van der Waals surface area contributed by atoms with E-state index >= 15 is 0 Å². The third-order valence-corrected chi connectivity index (χ3v) is 4.54. The van der Waals surface area contributed by atoms with E-state index in [0.717, 1.165) is 21.1 Å². The number of H-pyrrole nitrogens is 1. The summed E-state index contributed by atoms with van der Waals surface area (Å²) in [5.74, 6) is -1.05. The number of benzene rings is 2. The van der Waals surface area contributed by atoms with Crippen LogP contribution in [-0.2, 0) is 6.54 Å². The summed E-state index contributed by atoms with van der Waals surface area (Å²) in [4.78, 5) is 41.2. The Labute approximate surface area is 175 Å². The molecule has 0 spiro atoms. The van der Waals surface area contributed by atoms with Crippen molar-refractivity contribution in [3.05, 3.63) is 86.6 Å². The number of hydrogen-bond donors (Lipinski definition) is 2. The van der Waals surface area contributed by atoms with Gasteiger partial charge in [0.15, 0.2) is 5.69 Å². The lowest BCUT2D eigenvalue weighted by Gasteiger charge is -2.23. The van der Waals surface area contributed by atoms with E-state index in [0.29, 0.717) is 0 Å². The van der Waals surface area contributed by atoms with Gasteiger partial charge in [-0.25, -0.2) is 4.79 Å². The van der Waals surface area contributed by atoms with Gasteiger partial charge in [-0.15, -0.1) is 0 Å². The number of aromatic nitrogens is 2. The van der Waals surface area contributed by atoms with Gasteiger partial charge < -0.3 is 15.4 Å². The van der Waals surface area contributed by atoms with E-state index in [2.05, 4.69) is 9.72 Å². The Hall–Kier alpha value is -3.95. The van der Waals surface area contributed by atoms with Gasteiger partial charge in [-0.2, -0.15) is 8.78 Å². The summed E-state index contributed by atoms with van der Waals surface area (Å²) < 4.78 is 30.5. The van der Waals surface area contributed by atoms with Crippen molar-refractivity contribution in [3.8, 4) is 5.75 Å². The smallest absolute Gasteiger partial charge is 0.387 e. The average Bonchev–Trinajstić information content (AvgIpc) is 2.74. The van der Waals surface area contributed by atoms with E-state index in [1.54, 1.807) is 31.2 Å². The Morgan fingerprint density at radius 1 is 1.16 bits per heavy atom. The van der Waals surface area contributed by atoms with Crippen molar-refractivity contribution in [2.45, 2.75) is 20.1 Å². The summed E-state index contributed by atoms with van der Waals surface area (Å²) in [5, 5.41) is 0. The van der Waals surface area contributed by atoms with Crippen molar-refractivity contribution >= 4 is 17.4 Å². The van der Waals surface area contributed by atoms with Crippen LogP contribution in [0.4, 0.5) is 20.3 Å². The van der Waals surface area contributed by atoms with E-state index in [9.17, 15) is 23.2 Å². The standard InChI is InChI=1S/C21H20F2N4O4/c1-2-26(19(29)14-9-6-10-15(11-14)31-20(22)23)16-17(24)27(21(30)25-18(16)28)12-13-7-4-3-5-8-13/h3-11,20H,2,12,24H2,1H3,(H,25,28,30). The second-order valence-corrected chi connectivity index (χ2v) is 6.52. The summed E-state index contributed by atoms with van der Waals surface area (Å²) in [5.41, 5.74) is 5.17. The normalized spacial score (nSPS) is 10.8. The molecular weight excluding hydrogens is 410 g/mol. The van der Waals surface area contributed by atoms with Crippen LogP contribution in [0.25, 0.3) is 0 Å². The fraction of sp³-hybridized carbons (Fsp3) is 0.190. The first-order chi connectivity index (χ1) is 14.8. The van der Waals surface area contributed by atoms with E-state index in [-0.39, 0.29) is 35.9 Å². The van der Waals surface area contributed by atoms with Gasteiger partial charge in [0.1, 0.15) is 11.6 Å². The molecule has 0 aliphatic rings. The molecule has 0 saturated carbocycles. The Balaban J connectivity index is 2.03. The zero-order valence-corrected chi connectivity index (χ0v) is 16.5. The molecular formula is C21H20F2N4O4. The molecule has 1 aromatic heterocycles. The van der Waals surface area contributed by atoms with Crippen LogP contribution in [0.15, 0.2) is 64.2 Å². The first kappa shape index (κ1) is 21.8. The number of anilines is 2. The SMILES string of the molecule is CCN(C(=O)c1cccc(OC(F)F)c1)c1c(N)n(Cc2ccccc2)c(=O)[nH]c1=O. The highest BCUT2D eigenvalue weighted by Gasteiger charge is 2.24. The minimum atomic E-state index is -3.05. The number of ether oxygens (including phenoxy) is 1. The van der Waals surface area contributed by atoms with E-state index in [1.807, 2.05) is 6.07 Å². The maximum atomic E-state index is 13.1. The van der Waals surface area contributed by atoms with Crippen LogP contribution in [-0.4, -0.2) is 28.6 Å². The maximum absolute atomic E-state index is 13.1. The molecule has 1 heterocycles. The maximum Gasteiger partial charge on any atom is 0.387 e. The van der Waals surface area contributed by atoms with Crippen molar-refractivity contribution in [1.82, 2.24) is 9.55 Å². The summed E-state index contributed by atoms with van der Waals surface area (Å²) in [6.45, 7) is -1.32.